The molecule has 1 fully saturated rings. The van der Waals surface area contributed by atoms with E-state index < -0.39 is 5.97 Å². The highest BCUT2D eigenvalue weighted by molar-refractivity contribution is 7.20. The number of thiophene rings is 1. The Morgan fingerprint density at radius 1 is 1.27 bits per heavy atom. The van der Waals surface area contributed by atoms with E-state index >= 15 is 0 Å². The van der Waals surface area contributed by atoms with E-state index in [2.05, 4.69) is 14.9 Å². The zero-order chi connectivity index (χ0) is 18.8. The minimum absolute atomic E-state index is 0.0618. The molecule has 0 unspecified atom stereocenters. The van der Waals surface area contributed by atoms with Crippen molar-refractivity contribution in [2.45, 2.75) is 26.3 Å². The second-order valence-electron chi connectivity index (χ2n) is 6.31. The molecule has 9 heteroatoms. The molecule has 0 spiro atoms. The third kappa shape index (κ3) is 3.49. The van der Waals surface area contributed by atoms with Crippen LogP contribution in [0.2, 0.25) is 0 Å². The minimum atomic E-state index is -0.462. The lowest BCUT2D eigenvalue weighted by Gasteiger charge is -2.30. The Kier molecular flexibility index (Phi) is 5.38. The number of carbonyl (C=O) groups excluding carboxylic acids is 2. The number of likely N-dealkylation sites (tertiary alicyclic amines) is 1. The number of ether oxygens (including phenoxy) is 2. The predicted octanol–water partition coefficient (Wildman–Crippen LogP) is 1.46. The van der Waals surface area contributed by atoms with Crippen LogP contribution in [0.15, 0.2) is 4.79 Å². The molecule has 3 rings (SSSR count). The van der Waals surface area contributed by atoms with Crippen LogP contribution >= 0.6 is 11.3 Å². The summed E-state index contributed by atoms with van der Waals surface area (Å²) in [5, 5.41) is 0.434. The van der Waals surface area contributed by atoms with Gasteiger partial charge in [0.15, 0.2) is 0 Å². The molecule has 3 heterocycles. The van der Waals surface area contributed by atoms with Gasteiger partial charge in [-0.05, 0) is 38.4 Å². The van der Waals surface area contributed by atoms with Gasteiger partial charge in [0.2, 0.25) is 0 Å². The maximum atomic E-state index is 12.4. The maximum absolute atomic E-state index is 12.4. The molecule has 0 saturated carbocycles. The van der Waals surface area contributed by atoms with Crippen LogP contribution in [0.25, 0.3) is 10.2 Å². The Morgan fingerprint density at radius 2 is 1.96 bits per heavy atom. The number of fused-ring (bicyclic) bond motifs is 1. The summed E-state index contributed by atoms with van der Waals surface area (Å²) >= 11 is 1.17. The number of hydrogen-bond donors (Lipinski definition) is 1. The number of aryl methyl sites for hydroxylation is 1. The molecule has 1 saturated heterocycles. The highest BCUT2D eigenvalue weighted by Gasteiger charge is 2.26. The van der Waals surface area contributed by atoms with E-state index in [1.165, 1.54) is 25.6 Å². The highest BCUT2D eigenvalue weighted by atomic mass is 32.1. The Hall–Kier alpha value is -2.26. The van der Waals surface area contributed by atoms with Gasteiger partial charge >= 0.3 is 11.9 Å². The van der Waals surface area contributed by atoms with Crippen molar-refractivity contribution in [3.63, 3.8) is 0 Å². The van der Waals surface area contributed by atoms with Gasteiger partial charge in [0.25, 0.3) is 5.56 Å². The Bertz CT molecular complexity index is 896. The van der Waals surface area contributed by atoms with E-state index in [4.69, 9.17) is 9.47 Å². The summed E-state index contributed by atoms with van der Waals surface area (Å²) in [6.07, 6.45) is 1.45. The Balaban J connectivity index is 1.79. The van der Waals surface area contributed by atoms with Crippen LogP contribution in [0.4, 0.5) is 0 Å². The normalized spacial score (nSPS) is 16.0. The summed E-state index contributed by atoms with van der Waals surface area (Å²) in [5.74, 6) is -0.136. The molecule has 1 N–H and O–H groups in total. The molecule has 0 aliphatic carbocycles. The molecule has 26 heavy (non-hydrogen) atoms. The van der Waals surface area contributed by atoms with Crippen molar-refractivity contribution in [3.8, 4) is 0 Å². The van der Waals surface area contributed by atoms with Gasteiger partial charge in [-0.25, -0.2) is 9.78 Å². The van der Waals surface area contributed by atoms with E-state index in [0.717, 1.165) is 25.9 Å². The molecular formula is C17H21N3O5S. The van der Waals surface area contributed by atoms with Gasteiger partial charge in [-0.2, -0.15) is 0 Å². The van der Waals surface area contributed by atoms with Crippen LogP contribution < -0.4 is 5.56 Å². The first-order valence-electron chi connectivity index (χ1n) is 8.35. The topological polar surface area (TPSA) is 102 Å². The SMILES string of the molecule is COC(=O)c1sc2nc(CN3CCC(C(=O)OC)CC3)[nH]c(=O)c2c1C. The summed E-state index contributed by atoms with van der Waals surface area (Å²) in [5.41, 5.74) is 0.342. The molecule has 2 aromatic heterocycles. The molecule has 140 valence electrons. The first-order chi connectivity index (χ1) is 12.4. The van der Waals surface area contributed by atoms with Crippen LogP contribution in [0.3, 0.4) is 0 Å². The molecule has 0 aromatic carbocycles. The molecule has 2 aromatic rings. The minimum Gasteiger partial charge on any atom is -0.469 e. The molecule has 1 aliphatic heterocycles. The molecule has 1 aliphatic rings. The molecule has 0 bridgehead atoms. The van der Waals surface area contributed by atoms with Gasteiger partial charge in [-0.1, -0.05) is 0 Å². The van der Waals surface area contributed by atoms with Gasteiger partial charge in [0, 0.05) is 0 Å². The third-order valence-electron chi connectivity index (χ3n) is 4.72. The zero-order valence-corrected chi connectivity index (χ0v) is 15.8. The largest absolute Gasteiger partial charge is 0.469 e. The average molecular weight is 379 g/mol. The van der Waals surface area contributed by atoms with E-state index in [0.29, 0.717) is 33.0 Å². The van der Waals surface area contributed by atoms with Gasteiger partial charge < -0.3 is 14.5 Å². The Morgan fingerprint density at radius 3 is 2.58 bits per heavy atom. The van der Waals surface area contributed by atoms with Crippen LogP contribution in [-0.4, -0.2) is 54.1 Å². The van der Waals surface area contributed by atoms with Crippen LogP contribution in [0.5, 0.6) is 0 Å². The number of aromatic nitrogens is 2. The molecule has 8 nitrogen and oxygen atoms in total. The smallest absolute Gasteiger partial charge is 0.348 e. The monoisotopic (exact) mass is 379 g/mol. The number of piperidine rings is 1. The number of rotatable bonds is 4. The molecular weight excluding hydrogens is 358 g/mol. The lowest BCUT2D eigenvalue weighted by atomic mass is 9.97. The van der Waals surface area contributed by atoms with Crippen molar-refractivity contribution in [2.75, 3.05) is 27.3 Å². The summed E-state index contributed by atoms with van der Waals surface area (Å²) in [4.78, 5) is 46.3. The number of nitrogens with one attached hydrogen (secondary N) is 1. The van der Waals surface area contributed by atoms with Crippen LogP contribution in [0, 0.1) is 12.8 Å². The van der Waals surface area contributed by atoms with Crippen molar-refractivity contribution in [2.24, 2.45) is 5.92 Å². The molecule has 0 atom stereocenters. The van der Waals surface area contributed by atoms with Crippen LogP contribution in [0.1, 0.15) is 33.9 Å². The number of hydrogen-bond acceptors (Lipinski definition) is 8. The summed E-state index contributed by atoms with van der Waals surface area (Å²) in [6, 6.07) is 0. The van der Waals surface area contributed by atoms with E-state index in [1.54, 1.807) is 6.92 Å². The van der Waals surface area contributed by atoms with E-state index in [1.807, 2.05) is 0 Å². The number of methoxy groups -OCH3 is 2. The van der Waals surface area contributed by atoms with Gasteiger partial charge in [-0.15, -0.1) is 11.3 Å². The lowest BCUT2D eigenvalue weighted by Crippen LogP contribution is -2.37. The van der Waals surface area contributed by atoms with Crippen molar-refractivity contribution >= 4 is 33.5 Å². The van der Waals surface area contributed by atoms with Crippen molar-refractivity contribution < 1.29 is 19.1 Å². The van der Waals surface area contributed by atoms with Gasteiger partial charge in [-0.3, -0.25) is 14.5 Å². The van der Waals surface area contributed by atoms with E-state index in [-0.39, 0.29) is 17.4 Å². The van der Waals surface area contributed by atoms with Gasteiger partial charge in [0.1, 0.15) is 15.5 Å². The average Bonchev–Trinajstić information content (AvgIpc) is 2.98. The van der Waals surface area contributed by atoms with Crippen molar-refractivity contribution in [1.29, 1.82) is 0 Å². The molecule has 0 amide bonds. The second-order valence-corrected chi connectivity index (χ2v) is 7.31. The lowest BCUT2D eigenvalue weighted by molar-refractivity contribution is -0.147. The number of nitrogens with zero attached hydrogens (tertiary/aromatic N) is 2. The van der Waals surface area contributed by atoms with Crippen molar-refractivity contribution in [3.05, 3.63) is 26.6 Å². The fraction of sp³-hybridized carbons (Fsp3) is 0.529. The quantitative estimate of drug-likeness (QED) is 0.803. The Labute approximate surface area is 154 Å². The zero-order valence-electron chi connectivity index (χ0n) is 15.0. The number of aromatic amines is 1. The number of carbonyl (C=O) groups is 2. The highest BCUT2D eigenvalue weighted by Crippen LogP contribution is 2.28. The maximum Gasteiger partial charge on any atom is 0.348 e. The fourth-order valence-electron chi connectivity index (χ4n) is 3.26. The second kappa shape index (κ2) is 7.55. The first-order valence-corrected chi connectivity index (χ1v) is 9.17. The first kappa shape index (κ1) is 18.5. The van der Waals surface area contributed by atoms with Gasteiger partial charge in [0.05, 0.1) is 32.1 Å². The summed E-state index contributed by atoms with van der Waals surface area (Å²) in [7, 11) is 2.72. The summed E-state index contributed by atoms with van der Waals surface area (Å²) < 4.78 is 9.56. The number of esters is 2. The molecule has 0 radical (unpaired) electrons. The van der Waals surface area contributed by atoms with E-state index in [9.17, 15) is 14.4 Å². The van der Waals surface area contributed by atoms with Crippen LogP contribution in [-0.2, 0) is 20.8 Å². The third-order valence-corrected chi connectivity index (χ3v) is 5.88. The number of H-pyrrole nitrogens is 1. The standard InChI is InChI=1S/C17H21N3O5S/c1-9-12-14(21)18-11(19-15(12)26-13(9)17(23)25-3)8-20-6-4-10(5-7-20)16(22)24-2/h10H,4-8H2,1-3H3,(H,18,19,21). The van der Waals surface area contributed by atoms with Crippen molar-refractivity contribution in [1.82, 2.24) is 14.9 Å². The summed E-state index contributed by atoms with van der Waals surface area (Å²) in [6.45, 7) is 3.68. The fourth-order valence-corrected chi connectivity index (χ4v) is 4.37. The predicted molar refractivity (Wildman–Crippen MR) is 96.3 cm³/mol.